The van der Waals surface area contributed by atoms with Gasteiger partial charge in [-0.1, -0.05) is 17.7 Å². The summed E-state index contributed by atoms with van der Waals surface area (Å²) in [5, 5.41) is 2.60. The molecular formula is C17H26ClN3O2. The molecule has 1 aliphatic rings. The molecule has 1 aromatic rings. The molecule has 0 aliphatic carbocycles. The standard InChI is InChI=1S/C17H26ClN3O2/c1-12-10-15(18)13(2)9-14(12)11-16(22)20(3)17(19)5-7-21(23-4)8-6-17/h9-10H,5-8,11,19H2,1-4H3. The van der Waals surface area contributed by atoms with Gasteiger partial charge in [0.15, 0.2) is 0 Å². The Morgan fingerprint density at radius 1 is 1.35 bits per heavy atom. The van der Waals surface area contributed by atoms with Crippen LogP contribution in [-0.2, 0) is 16.1 Å². The number of hydrogen-bond acceptors (Lipinski definition) is 4. The highest BCUT2D eigenvalue weighted by atomic mass is 35.5. The number of carbonyl (C=O) groups excluding carboxylic acids is 1. The van der Waals surface area contributed by atoms with Crippen LogP contribution in [0.1, 0.15) is 29.5 Å². The second-order valence-electron chi connectivity index (χ2n) is 6.37. The molecule has 1 amide bonds. The summed E-state index contributed by atoms with van der Waals surface area (Å²) in [5.41, 5.74) is 8.87. The number of hydroxylamine groups is 2. The number of aryl methyl sites for hydroxylation is 2. The number of likely N-dealkylation sites (N-methyl/N-ethyl adjacent to an activating group) is 1. The van der Waals surface area contributed by atoms with Gasteiger partial charge in [0.1, 0.15) is 0 Å². The zero-order valence-corrected chi connectivity index (χ0v) is 15.1. The molecule has 0 atom stereocenters. The maximum Gasteiger partial charge on any atom is 0.228 e. The predicted octanol–water partition coefficient (Wildman–Crippen LogP) is 2.27. The largest absolute Gasteiger partial charge is 0.327 e. The zero-order chi connectivity index (χ0) is 17.2. The van der Waals surface area contributed by atoms with Crippen LogP contribution < -0.4 is 5.73 Å². The van der Waals surface area contributed by atoms with Crippen molar-refractivity contribution in [2.45, 2.75) is 38.8 Å². The van der Waals surface area contributed by atoms with Gasteiger partial charge in [0.25, 0.3) is 0 Å². The monoisotopic (exact) mass is 339 g/mol. The Morgan fingerprint density at radius 3 is 2.52 bits per heavy atom. The molecule has 128 valence electrons. The third-order valence-electron chi connectivity index (χ3n) is 4.85. The molecule has 1 heterocycles. The lowest BCUT2D eigenvalue weighted by Crippen LogP contribution is -2.61. The van der Waals surface area contributed by atoms with E-state index in [1.54, 1.807) is 19.1 Å². The van der Waals surface area contributed by atoms with Crippen LogP contribution in [-0.4, -0.2) is 48.8 Å². The lowest BCUT2D eigenvalue weighted by molar-refractivity contribution is -0.166. The Morgan fingerprint density at radius 2 is 1.96 bits per heavy atom. The first-order valence-electron chi connectivity index (χ1n) is 7.87. The Balaban J connectivity index is 2.07. The van der Waals surface area contributed by atoms with Gasteiger partial charge in [-0.15, -0.1) is 0 Å². The molecule has 1 fully saturated rings. The number of amides is 1. The molecule has 6 heteroatoms. The van der Waals surface area contributed by atoms with E-state index in [0.717, 1.165) is 34.8 Å². The molecule has 0 saturated carbocycles. The SMILES string of the molecule is CON1CCC(N)(N(C)C(=O)Cc2cc(C)c(Cl)cc2C)CC1. The molecule has 0 bridgehead atoms. The molecule has 0 spiro atoms. The summed E-state index contributed by atoms with van der Waals surface area (Å²) in [6.07, 6.45) is 1.73. The molecule has 5 nitrogen and oxygen atoms in total. The first-order valence-corrected chi connectivity index (χ1v) is 8.25. The number of rotatable bonds is 4. The van der Waals surface area contributed by atoms with E-state index in [-0.39, 0.29) is 5.91 Å². The van der Waals surface area contributed by atoms with Crippen LogP contribution >= 0.6 is 11.6 Å². The third-order valence-corrected chi connectivity index (χ3v) is 5.25. The molecule has 2 rings (SSSR count). The minimum atomic E-state index is -0.610. The lowest BCUT2D eigenvalue weighted by Gasteiger charge is -2.44. The van der Waals surface area contributed by atoms with E-state index in [0.29, 0.717) is 19.3 Å². The van der Waals surface area contributed by atoms with Gasteiger partial charge in [0.2, 0.25) is 5.91 Å². The van der Waals surface area contributed by atoms with Gasteiger partial charge in [-0.05, 0) is 49.4 Å². The Hall–Kier alpha value is -1.14. The molecule has 2 N–H and O–H groups in total. The summed E-state index contributed by atoms with van der Waals surface area (Å²) in [6, 6.07) is 3.90. The smallest absolute Gasteiger partial charge is 0.228 e. The van der Waals surface area contributed by atoms with Crippen LogP contribution in [0.3, 0.4) is 0 Å². The summed E-state index contributed by atoms with van der Waals surface area (Å²) in [5.74, 6) is 0.0307. The molecule has 0 radical (unpaired) electrons. The maximum atomic E-state index is 12.7. The highest BCUT2D eigenvalue weighted by Gasteiger charge is 2.37. The van der Waals surface area contributed by atoms with Gasteiger partial charge in [0, 0.05) is 25.2 Å². The Bertz CT molecular complexity index is 583. The van der Waals surface area contributed by atoms with Crippen molar-refractivity contribution in [3.05, 3.63) is 33.8 Å². The van der Waals surface area contributed by atoms with Gasteiger partial charge in [-0.3, -0.25) is 4.79 Å². The molecule has 1 saturated heterocycles. The normalized spacial score (nSPS) is 18.0. The fourth-order valence-corrected chi connectivity index (χ4v) is 3.17. The summed E-state index contributed by atoms with van der Waals surface area (Å²) in [6.45, 7) is 5.38. The molecule has 0 aromatic heterocycles. The van der Waals surface area contributed by atoms with Crippen molar-refractivity contribution in [2.75, 3.05) is 27.2 Å². The van der Waals surface area contributed by atoms with Crippen LogP contribution in [0.25, 0.3) is 0 Å². The van der Waals surface area contributed by atoms with Gasteiger partial charge in [-0.25, -0.2) is 0 Å². The zero-order valence-electron chi connectivity index (χ0n) is 14.4. The number of carbonyl (C=O) groups is 1. The number of nitrogens with zero attached hydrogens (tertiary/aromatic N) is 2. The van der Waals surface area contributed by atoms with E-state index in [1.807, 2.05) is 31.0 Å². The van der Waals surface area contributed by atoms with Crippen molar-refractivity contribution in [3.63, 3.8) is 0 Å². The van der Waals surface area contributed by atoms with E-state index in [4.69, 9.17) is 22.2 Å². The van der Waals surface area contributed by atoms with Crippen LogP contribution in [0.15, 0.2) is 12.1 Å². The second-order valence-corrected chi connectivity index (χ2v) is 6.78. The van der Waals surface area contributed by atoms with Crippen LogP contribution in [0, 0.1) is 13.8 Å². The van der Waals surface area contributed by atoms with Gasteiger partial charge < -0.3 is 15.5 Å². The summed E-state index contributed by atoms with van der Waals surface area (Å²) < 4.78 is 0. The number of halogens is 1. The highest BCUT2D eigenvalue weighted by molar-refractivity contribution is 6.31. The van der Waals surface area contributed by atoms with Gasteiger partial charge in [0.05, 0.1) is 19.2 Å². The predicted molar refractivity (Wildman–Crippen MR) is 92.1 cm³/mol. The van der Waals surface area contributed by atoms with Crippen molar-refractivity contribution in [1.82, 2.24) is 9.96 Å². The van der Waals surface area contributed by atoms with Crippen molar-refractivity contribution >= 4 is 17.5 Å². The molecule has 0 unspecified atom stereocenters. The van der Waals surface area contributed by atoms with Crippen molar-refractivity contribution < 1.29 is 9.63 Å². The van der Waals surface area contributed by atoms with Gasteiger partial charge in [-0.2, -0.15) is 5.06 Å². The van der Waals surface area contributed by atoms with E-state index in [9.17, 15) is 4.79 Å². The summed E-state index contributed by atoms with van der Waals surface area (Å²) >= 11 is 6.12. The van der Waals surface area contributed by atoms with E-state index in [1.165, 1.54) is 0 Å². The minimum Gasteiger partial charge on any atom is -0.327 e. The summed E-state index contributed by atoms with van der Waals surface area (Å²) in [4.78, 5) is 19.6. The number of benzene rings is 1. The van der Waals surface area contributed by atoms with Crippen molar-refractivity contribution in [2.24, 2.45) is 5.73 Å². The quantitative estimate of drug-likeness (QED) is 0.855. The fraction of sp³-hybridized carbons (Fsp3) is 0.588. The Labute approximate surface area is 143 Å². The average molecular weight is 340 g/mol. The van der Waals surface area contributed by atoms with Crippen LogP contribution in [0.5, 0.6) is 0 Å². The van der Waals surface area contributed by atoms with E-state index < -0.39 is 5.66 Å². The molecular weight excluding hydrogens is 314 g/mol. The Kier molecular flexibility index (Phi) is 5.68. The van der Waals surface area contributed by atoms with E-state index >= 15 is 0 Å². The fourth-order valence-electron chi connectivity index (χ4n) is 2.95. The topological polar surface area (TPSA) is 58.8 Å². The van der Waals surface area contributed by atoms with Crippen LogP contribution in [0.2, 0.25) is 5.02 Å². The highest BCUT2D eigenvalue weighted by Crippen LogP contribution is 2.25. The minimum absolute atomic E-state index is 0.0307. The van der Waals surface area contributed by atoms with Gasteiger partial charge >= 0.3 is 0 Å². The maximum absolute atomic E-state index is 12.7. The molecule has 1 aromatic carbocycles. The molecule has 23 heavy (non-hydrogen) atoms. The third kappa shape index (κ3) is 4.04. The summed E-state index contributed by atoms with van der Waals surface area (Å²) in [7, 11) is 3.45. The van der Waals surface area contributed by atoms with E-state index in [2.05, 4.69) is 0 Å². The second kappa shape index (κ2) is 7.18. The van der Waals surface area contributed by atoms with Crippen molar-refractivity contribution in [1.29, 1.82) is 0 Å². The average Bonchev–Trinajstić information content (AvgIpc) is 2.52. The number of piperidine rings is 1. The van der Waals surface area contributed by atoms with Crippen LogP contribution in [0.4, 0.5) is 0 Å². The number of nitrogens with two attached hydrogens (primary N) is 1. The first-order chi connectivity index (χ1) is 10.8. The molecule has 1 aliphatic heterocycles. The van der Waals surface area contributed by atoms with Crippen molar-refractivity contribution in [3.8, 4) is 0 Å². The first kappa shape index (κ1) is 18.2. The lowest BCUT2D eigenvalue weighted by atomic mass is 9.95. The number of hydrogen-bond donors (Lipinski definition) is 1.